The van der Waals surface area contributed by atoms with Gasteiger partial charge >= 0.3 is 0 Å². The molecule has 4 rings (SSSR count). The maximum Gasteiger partial charge on any atom is 0.262 e. The van der Waals surface area contributed by atoms with E-state index in [2.05, 4.69) is 10.4 Å². The third kappa shape index (κ3) is 3.75. The summed E-state index contributed by atoms with van der Waals surface area (Å²) in [5.74, 6) is 0.133. The van der Waals surface area contributed by atoms with Crippen LogP contribution < -0.4 is 10.1 Å². The molecule has 1 aliphatic rings. The molecule has 0 saturated heterocycles. The average Bonchev–Trinajstić information content (AvgIpc) is 3.15. The van der Waals surface area contributed by atoms with Gasteiger partial charge in [0.1, 0.15) is 5.75 Å². The third-order valence-electron chi connectivity index (χ3n) is 4.02. The van der Waals surface area contributed by atoms with E-state index in [9.17, 15) is 9.59 Å². The number of carbonyl (C=O) groups excluding carboxylic acids is 2. The average molecular weight is 380 g/mol. The second-order valence-corrected chi connectivity index (χ2v) is 6.38. The van der Waals surface area contributed by atoms with Crippen molar-refractivity contribution in [1.82, 2.24) is 9.78 Å². The molecule has 2 heterocycles. The van der Waals surface area contributed by atoms with Crippen LogP contribution in [0.3, 0.4) is 0 Å². The highest BCUT2D eigenvalue weighted by Gasteiger charge is 2.17. The summed E-state index contributed by atoms with van der Waals surface area (Å²) in [6.07, 6.45) is 6.64. The second kappa shape index (κ2) is 7.09. The Hall–Kier alpha value is -3.38. The molecule has 3 aromatic rings. The van der Waals surface area contributed by atoms with Crippen LogP contribution in [0.4, 0.5) is 5.69 Å². The lowest BCUT2D eigenvalue weighted by atomic mass is 10.1. The van der Waals surface area contributed by atoms with Gasteiger partial charge < -0.3 is 10.1 Å². The van der Waals surface area contributed by atoms with Crippen molar-refractivity contribution in [3.63, 3.8) is 0 Å². The summed E-state index contributed by atoms with van der Waals surface area (Å²) in [4.78, 5) is 23.8. The van der Waals surface area contributed by atoms with Crippen molar-refractivity contribution < 1.29 is 14.3 Å². The third-order valence-corrected chi connectivity index (χ3v) is 4.27. The molecule has 134 valence electrons. The monoisotopic (exact) mass is 379 g/mol. The van der Waals surface area contributed by atoms with E-state index in [4.69, 9.17) is 16.3 Å². The van der Waals surface area contributed by atoms with Crippen molar-refractivity contribution in [2.75, 3.05) is 11.9 Å². The van der Waals surface area contributed by atoms with Crippen molar-refractivity contribution in [3.05, 3.63) is 77.1 Å². The van der Waals surface area contributed by atoms with Gasteiger partial charge in [0, 0.05) is 22.3 Å². The van der Waals surface area contributed by atoms with Gasteiger partial charge in [0.2, 0.25) is 0 Å². The van der Waals surface area contributed by atoms with E-state index in [0.717, 1.165) is 11.3 Å². The molecular formula is C20H14ClN3O3. The van der Waals surface area contributed by atoms with Crippen LogP contribution in [0, 0.1) is 0 Å². The molecule has 0 aliphatic carbocycles. The Morgan fingerprint density at radius 1 is 1.22 bits per heavy atom. The molecular weight excluding hydrogens is 366 g/mol. The molecule has 0 spiro atoms. The number of benzene rings is 2. The summed E-state index contributed by atoms with van der Waals surface area (Å²) in [7, 11) is 0. The Morgan fingerprint density at radius 3 is 2.85 bits per heavy atom. The zero-order valence-electron chi connectivity index (χ0n) is 14.1. The Kier molecular flexibility index (Phi) is 4.48. The summed E-state index contributed by atoms with van der Waals surface area (Å²) in [6, 6.07) is 12.2. The zero-order chi connectivity index (χ0) is 18.8. The molecule has 0 bridgehead atoms. The minimum absolute atomic E-state index is 0.0161. The lowest BCUT2D eigenvalue weighted by molar-refractivity contribution is -0.118. The minimum Gasteiger partial charge on any atom is -0.482 e. The molecule has 6 nitrogen and oxygen atoms in total. The first kappa shape index (κ1) is 17.1. The number of allylic oxidation sites excluding steroid dienone is 1. The van der Waals surface area contributed by atoms with Gasteiger partial charge in [-0.2, -0.15) is 5.10 Å². The molecule has 1 aromatic heterocycles. The number of ether oxygens (including phenoxy) is 1. The normalized spacial score (nSPS) is 13.1. The largest absolute Gasteiger partial charge is 0.482 e. The van der Waals surface area contributed by atoms with Gasteiger partial charge in [0.25, 0.3) is 5.91 Å². The van der Waals surface area contributed by atoms with Crippen LogP contribution in [0.2, 0.25) is 5.02 Å². The first-order valence-electron chi connectivity index (χ1n) is 8.18. The predicted octanol–water partition coefficient (Wildman–Crippen LogP) is 3.75. The number of aromatic nitrogens is 2. The minimum atomic E-state index is -0.239. The van der Waals surface area contributed by atoms with Crippen LogP contribution in [-0.2, 0) is 4.79 Å². The number of fused-ring (bicyclic) bond motifs is 1. The van der Waals surface area contributed by atoms with Crippen LogP contribution in [0.25, 0.3) is 11.8 Å². The highest BCUT2D eigenvalue weighted by atomic mass is 35.5. The maximum absolute atomic E-state index is 12.4. The Balaban J connectivity index is 1.50. The SMILES string of the molecule is O=C1COc2ccc(C(=O)/C=C/c3cnn(-c4ccc(Cl)cc4)c3)cc2N1. The highest BCUT2D eigenvalue weighted by molar-refractivity contribution is 6.30. The van der Waals surface area contributed by atoms with Gasteiger partial charge in [-0.3, -0.25) is 9.59 Å². The Bertz CT molecular complexity index is 1050. The molecule has 7 heteroatoms. The van der Waals surface area contributed by atoms with E-state index in [1.54, 1.807) is 47.3 Å². The lowest BCUT2D eigenvalue weighted by Crippen LogP contribution is -2.25. The van der Waals surface area contributed by atoms with Crippen molar-refractivity contribution in [2.45, 2.75) is 0 Å². The summed E-state index contributed by atoms with van der Waals surface area (Å²) < 4.78 is 6.99. The Labute approximate surface area is 160 Å². The fraction of sp³-hybridized carbons (Fsp3) is 0.0500. The number of carbonyl (C=O) groups is 2. The van der Waals surface area contributed by atoms with Gasteiger partial charge in [-0.15, -0.1) is 0 Å². The number of halogens is 1. The number of rotatable bonds is 4. The number of hydrogen-bond acceptors (Lipinski definition) is 4. The van der Waals surface area contributed by atoms with Crippen molar-refractivity contribution in [2.24, 2.45) is 0 Å². The molecule has 1 N–H and O–H groups in total. The Morgan fingerprint density at radius 2 is 2.04 bits per heavy atom. The second-order valence-electron chi connectivity index (χ2n) is 5.94. The fourth-order valence-electron chi connectivity index (χ4n) is 2.66. The van der Waals surface area contributed by atoms with Crippen LogP contribution in [0.15, 0.2) is 60.9 Å². The van der Waals surface area contributed by atoms with E-state index in [1.807, 2.05) is 18.3 Å². The zero-order valence-corrected chi connectivity index (χ0v) is 14.8. The quantitative estimate of drug-likeness (QED) is 0.553. The molecule has 2 aromatic carbocycles. The number of amides is 1. The molecule has 0 radical (unpaired) electrons. The van der Waals surface area contributed by atoms with Crippen LogP contribution in [0.5, 0.6) is 5.75 Å². The number of nitrogens with zero attached hydrogens (tertiary/aromatic N) is 2. The van der Waals surface area contributed by atoms with Crippen molar-refractivity contribution in [1.29, 1.82) is 0 Å². The van der Waals surface area contributed by atoms with E-state index >= 15 is 0 Å². The maximum atomic E-state index is 12.4. The standard InChI is InChI=1S/C20H14ClN3O3/c21-15-3-5-16(6-4-15)24-11-13(10-22-24)1-7-18(25)14-2-8-19-17(9-14)23-20(26)12-27-19/h1-11H,12H2,(H,23,26)/b7-1+. The summed E-state index contributed by atoms with van der Waals surface area (Å²) in [6.45, 7) is -0.0161. The van der Waals surface area contributed by atoms with Gasteiger partial charge in [-0.05, 0) is 54.6 Å². The lowest BCUT2D eigenvalue weighted by Gasteiger charge is -2.17. The van der Waals surface area contributed by atoms with Gasteiger partial charge in [-0.25, -0.2) is 4.68 Å². The van der Waals surface area contributed by atoms with E-state index in [0.29, 0.717) is 22.0 Å². The van der Waals surface area contributed by atoms with Crippen molar-refractivity contribution >= 4 is 35.1 Å². The topological polar surface area (TPSA) is 73.2 Å². The van der Waals surface area contributed by atoms with Gasteiger partial charge in [0.15, 0.2) is 12.4 Å². The number of ketones is 1. The van der Waals surface area contributed by atoms with Gasteiger partial charge in [0.05, 0.1) is 17.6 Å². The molecule has 1 aliphatic heterocycles. The van der Waals surface area contributed by atoms with Crippen LogP contribution in [0.1, 0.15) is 15.9 Å². The van der Waals surface area contributed by atoms with E-state index in [1.165, 1.54) is 6.08 Å². The van der Waals surface area contributed by atoms with Crippen LogP contribution in [-0.4, -0.2) is 28.1 Å². The highest BCUT2D eigenvalue weighted by Crippen LogP contribution is 2.28. The first-order chi connectivity index (χ1) is 13.1. The number of hydrogen-bond donors (Lipinski definition) is 1. The summed E-state index contributed by atoms with van der Waals surface area (Å²) in [5.41, 5.74) is 2.62. The molecule has 0 fully saturated rings. The summed E-state index contributed by atoms with van der Waals surface area (Å²) >= 11 is 5.89. The predicted molar refractivity (Wildman–Crippen MR) is 103 cm³/mol. The molecule has 0 saturated carbocycles. The molecule has 27 heavy (non-hydrogen) atoms. The van der Waals surface area contributed by atoms with E-state index in [-0.39, 0.29) is 18.3 Å². The fourth-order valence-corrected chi connectivity index (χ4v) is 2.79. The van der Waals surface area contributed by atoms with Crippen molar-refractivity contribution in [3.8, 4) is 11.4 Å². The van der Waals surface area contributed by atoms with Gasteiger partial charge in [-0.1, -0.05) is 11.6 Å². The van der Waals surface area contributed by atoms with Crippen LogP contribution >= 0.6 is 11.6 Å². The molecule has 0 atom stereocenters. The smallest absolute Gasteiger partial charge is 0.262 e. The first-order valence-corrected chi connectivity index (χ1v) is 8.56. The molecule has 1 amide bonds. The summed E-state index contributed by atoms with van der Waals surface area (Å²) in [5, 5.41) is 7.63. The number of anilines is 1. The molecule has 0 unspecified atom stereocenters. The number of nitrogens with one attached hydrogen (secondary N) is 1. The van der Waals surface area contributed by atoms with E-state index < -0.39 is 0 Å².